The topological polar surface area (TPSA) is 55.4 Å². The van der Waals surface area contributed by atoms with E-state index in [4.69, 9.17) is 0 Å². The van der Waals surface area contributed by atoms with Crippen molar-refractivity contribution in [3.05, 3.63) is 12.2 Å². The number of amides is 1. The molecule has 4 nitrogen and oxygen atoms in total. The highest BCUT2D eigenvalue weighted by Crippen LogP contribution is 1.82. The number of hydrogen-bond acceptors (Lipinski definition) is 3. The smallest absolute Gasteiger partial charge is 0.330 e. The third kappa shape index (κ3) is 6.57. The maximum atomic E-state index is 10.4. The van der Waals surface area contributed by atoms with Gasteiger partial charge in [0.15, 0.2) is 0 Å². The zero-order valence-corrected chi connectivity index (χ0v) is 6.37. The highest BCUT2D eigenvalue weighted by Gasteiger charge is 1.88. The van der Waals surface area contributed by atoms with Crippen molar-refractivity contribution in [3.63, 3.8) is 0 Å². The van der Waals surface area contributed by atoms with E-state index in [0.29, 0.717) is 19.4 Å². The van der Waals surface area contributed by atoms with Crippen molar-refractivity contribution in [2.45, 2.75) is 6.42 Å². The quantitative estimate of drug-likeness (QED) is 0.261. The molecule has 0 radical (unpaired) electrons. The van der Waals surface area contributed by atoms with Crippen LogP contribution in [0.1, 0.15) is 6.42 Å². The summed E-state index contributed by atoms with van der Waals surface area (Å²) >= 11 is 0. The first-order chi connectivity index (χ1) is 5.31. The zero-order chi connectivity index (χ0) is 8.53. The maximum Gasteiger partial charge on any atom is 0.330 e. The van der Waals surface area contributed by atoms with Crippen molar-refractivity contribution < 1.29 is 14.3 Å². The lowest BCUT2D eigenvalue weighted by atomic mass is 10.4. The van der Waals surface area contributed by atoms with Gasteiger partial charge < -0.3 is 10.1 Å². The number of ether oxygens (including phenoxy) is 1. The van der Waals surface area contributed by atoms with Gasteiger partial charge in [-0.25, -0.2) is 4.79 Å². The highest BCUT2D eigenvalue weighted by molar-refractivity contribution is 5.81. The Hall–Kier alpha value is -1.32. The molecule has 1 amide bonds. The van der Waals surface area contributed by atoms with Crippen LogP contribution >= 0.6 is 0 Å². The largest absolute Gasteiger partial charge is 0.466 e. The van der Waals surface area contributed by atoms with Crippen LogP contribution in [-0.4, -0.2) is 26.0 Å². The third-order valence-electron chi connectivity index (χ3n) is 0.994. The highest BCUT2D eigenvalue weighted by atomic mass is 16.5. The fraction of sp³-hybridized carbons (Fsp3) is 0.429. The number of nitrogens with one attached hydrogen (secondary N) is 1. The van der Waals surface area contributed by atoms with Crippen LogP contribution in [0.3, 0.4) is 0 Å². The van der Waals surface area contributed by atoms with E-state index in [-0.39, 0.29) is 5.97 Å². The standard InChI is InChI=1S/C7H11NO3/c1-11-7(10)4-2-3-5-8-6-9/h2,4,6H,3,5H2,1H3,(H,8,9)/b4-2+. The Bertz CT molecular complexity index is 154. The lowest BCUT2D eigenvalue weighted by Gasteiger charge is -1.91. The van der Waals surface area contributed by atoms with Crippen LogP contribution in [0.4, 0.5) is 0 Å². The molecule has 0 spiro atoms. The van der Waals surface area contributed by atoms with Gasteiger partial charge in [-0.3, -0.25) is 4.79 Å². The van der Waals surface area contributed by atoms with E-state index in [9.17, 15) is 9.59 Å². The Labute approximate surface area is 65.2 Å². The predicted molar refractivity (Wildman–Crippen MR) is 39.8 cm³/mol. The molecule has 0 bridgehead atoms. The number of hydrogen-bond donors (Lipinski definition) is 1. The molecule has 0 saturated heterocycles. The summed E-state index contributed by atoms with van der Waals surface area (Å²) in [5.41, 5.74) is 0. The molecule has 4 heteroatoms. The zero-order valence-electron chi connectivity index (χ0n) is 6.37. The minimum atomic E-state index is -0.379. The van der Waals surface area contributed by atoms with Crippen LogP contribution in [0.5, 0.6) is 0 Å². The molecule has 0 aliphatic rings. The third-order valence-corrected chi connectivity index (χ3v) is 0.994. The van der Waals surface area contributed by atoms with Gasteiger partial charge in [-0.1, -0.05) is 6.08 Å². The molecule has 1 N–H and O–H groups in total. The Morgan fingerprint density at radius 2 is 2.36 bits per heavy atom. The number of carbonyl (C=O) groups is 2. The molecule has 0 rings (SSSR count). The fourth-order valence-electron chi connectivity index (χ4n) is 0.473. The van der Waals surface area contributed by atoms with Gasteiger partial charge in [-0.05, 0) is 6.42 Å². The summed E-state index contributed by atoms with van der Waals surface area (Å²) in [5.74, 6) is -0.379. The molecule has 0 aliphatic carbocycles. The van der Waals surface area contributed by atoms with Gasteiger partial charge in [0.2, 0.25) is 6.41 Å². The van der Waals surface area contributed by atoms with E-state index in [2.05, 4.69) is 10.1 Å². The minimum absolute atomic E-state index is 0.379. The van der Waals surface area contributed by atoms with Gasteiger partial charge >= 0.3 is 5.97 Å². The van der Waals surface area contributed by atoms with Crippen LogP contribution in [-0.2, 0) is 14.3 Å². The fourth-order valence-corrected chi connectivity index (χ4v) is 0.473. The molecular formula is C7H11NO3. The van der Waals surface area contributed by atoms with Crippen molar-refractivity contribution in [2.24, 2.45) is 0 Å². The van der Waals surface area contributed by atoms with Crippen LogP contribution in [0.25, 0.3) is 0 Å². The average Bonchev–Trinajstić information content (AvgIpc) is 2.04. The lowest BCUT2D eigenvalue weighted by molar-refractivity contribution is -0.134. The van der Waals surface area contributed by atoms with E-state index in [1.807, 2.05) is 0 Å². The normalized spacial score (nSPS) is 9.55. The molecule has 0 fully saturated rings. The molecule has 0 aromatic carbocycles. The molecule has 0 saturated carbocycles. The first kappa shape index (κ1) is 9.68. The van der Waals surface area contributed by atoms with Crippen molar-refractivity contribution in [3.8, 4) is 0 Å². The maximum absolute atomic E-state index is 10.4. The summed E-state index contributed by atoms with van der Waals surface area (Å²) in [6.07, 6.45) is 4.22. The number of rotatable bonds is 5. The van der Waals surface area contributed by atoms with Crippen molar-refractivity contribution in [2.75, 3.05) is 13.7 Å². The first-order valence-corrected chi connectivity index (χ1v) is 3.22. The van der Waals surface area contributed by atoms with Gasteiger partial charge in [0, 0.05) is 12.6 Å². The number of methoxy groups -OCH3 is 1. The van der Waals surface area contributed by atoms with E-state index >= 15 is 0 Å². The Morgan fingerprint density at radius 1 is 1.64 bits per heavy atom. The first-order valence-electron chi connectivity index (χ1n) is 3.22. The minimum Gasteiger partial charge on any atom is -0.466 e. The second-order valence-corrected chi connectivity index (χ2v) is 1.79. The Kier molecular flexibility index (Phi) is 5.98. The second kappa shape index (κ2) is 6.80. The van der Waals surface area contributed by atoms with Gasteiger partial charge in [-0.2, -0.15) is 0 Å². The summed E-state index contributed by atoms with van der Waals surface area (Å²) < 4.78 is 4.34. The van der Waals surface area contributed by atoms with Crippen molar-refractivity contribution in [1.82, 2.24) is 5.32 Å². The van der Waals surface area contributed by atoms with Gasteiger partial charge in [-0.15, -0.1) is 0 Å². The number of esters is 1. The molecule has 0 unspecified atom stereocenters. The summed E-state index contributed by atoms with van der Waals surface area (Å²) in [5, 5.41) is 2.46. The molecule has 0 aromatic heterocycles. The van der Waals surface area contributed by atoms with Crippen molar-refractivity contribution >= 4 is 12.4 Å². The second-order valence-electron chi connectivity index (χ2n) is 1.79. The van der Waals surface area contributed by atoms with Crippen LogP contribution in [0.15, 0.2) is 12.2 Å². The van der Waals surface area contributed by atoms with Gasteiger partial charge in [0.25, 0.3) is 0 Å². The Balaban J connectivity index is 3.29. The predicted octanol–water partition coefficient (Wildman–Crippen LogP) is -0.148. The van der Waals surface area contributed by atoms with Crippen molar-refractivity contribution in [1.29, 1.82) is 0 Å². The average molecular weight is 157 g/mol. The van der Waals surface area contributed by atoms with E-state index in [0.717, 1.165) is 0 Å². The van der Waals surface area contributed by atoms with Gasteiger partial charge in [0.1, 0.15) is 0 Å². The van der Waals surface area contributed by atoms with Gasteiger partial charge in [0.05, 0.1) is 7.11 Å². The molecule has 0 heterocycles. The van der Waals surface area contributed by atoms with E-state index in [1.165, 1.54) is 13.2 Å². The summed E-state index contributed by atoms with van der Waals surface area (Å²) in [6, 6.07) is 0. The molecular weight excluding hydrogens is 146 g/mol. The molecule has 11 heavy (non-hydrogen) atoms. The molecule has 0 aromatic rings. The van der Waals surface area contributed by atoms with E-state index < -0.39 is 0 Å². The lowest BCUT2D eigenvalue weighted by Crippen LogP contribution is -2.11. The van der Waals surface area contributed by atoms with Crippen LogP contribution in [0, 0.1) is 0 Å². The summed E-state index contributed by atoms with van der Waals surface area (Å²) in [7, 11) is 1.32. The molecule has 62 valence electrons. The van der Waals surface area contributed by atoms with Crippen LogP contribution in [0.2, 0.25) is 0 Å². The molecule has 0 aliphatic heterocycles. The monoisotopic (exact) mass is 157 g/mol. The van der Waals surface area contributed by atoms with E-state index in [1.54, 1.807) is 6.08 Å². The summed E-state index contributed by atoms with van der Waals surface area (Å²) in [6.45, 7) is 0.539. The molecule has 0 atom stereocenters. The summed E-state index contributed by atoms with van der Waals surface area (Å²) in [4.78, 5) is 20.2. The Morgan fingerprint density at radius 3 is 2.91 bits per heavy atom. The van der Waals surface area contributed by atoms with Crippen LogP contribution < -0.4 is 5.32 Å². The number of carbonyl (C=O) groups excluding carboxylic acids is 2. The SMILES string of the molecule is COC(=O)/C=C/CCNC=O.